The first-order valence-electron chi connectivity index (χ1n) is 40.8. The first-order valence-corrected chi connectivity index (χ1v) is 64.0. The van der Waals surface area contributed by atoms with Crippen molar-refractivity contribution in [2.24, 2.45) is 0 Å². The van der Waals surface area contributed by atoms with Crippen LogP contribution in [0.4, 0.5) is 0 Å². The van der Waals surface area contributed by atoms with Crippen molar-refractivity contribution in [3.8, 4) is 90.5 Å². The average molecular weight is 1660 g/mol. The lowest BCUT2D eigenvalue weighted by Gasteiger charge is -2.39. The van der Waals surface area contributed by atoms with Gasteiger partial charge >= 0.3 is 0 Å². The summed E-state index contributed by atoms with van der Waals surface area (Å²) in [6, 6.07) is 34.4. The summed E-state index contributed by atoms with van der Waals surface area (Å²) in [6.45, 7) is 92.5. The van der Waals surface area contributed by atoms with Crippen LogP contribution in [0.25, 0.3) is 90.9 Å². The largest absolute Gasteiger partial charge is 0.543 e. The maximum atomic E-state index is 7.77. The number of nitrogens with zero attached hydrogens (tertiary/aromatic N) is 2. The fourth-order valence-electron chi connectivity index (χ4n) is 11.4. The molecule has 2 aliphatic rings. The van der Waals surface area contributed by atoms with Crippen molar-refractivity contribution in [1.82, 2.24) is 19.9 Å². The van der Waals surface area contributed by atoms with Crippen LogP contribution in [0.5, 0.6) is 46.0 Å². The molecule has 7 aromatic rings. The van der Waals surface area contributed by atoms with Crippen molar-refractivity contribution >= 4 is 113 Å². The van der Waals surface area contributed by atoms with Gasteiger partial charge in [-0.1, -0.05) is 190 Å². The maximum Gasteiger partial charge on any atom is 0.250 e. The van der Waals surface area contributed by atoms with Crippen molar-refractivity contribution < 1.29 is 35.4 Å². The highest BCUT2D eigenvalue weighted by molar-refractivity contribution is 6.78. The molecule has 8 bridgehead atoms. The van der Waals surface area contributed by atoms with Crippen LogP contribution < -0.4 is 35.4 Å². The minimum absolute atomic E-state index is 0.171. The van der Waals surface area contributed by atoms with E-state index >= 15 is 0 Å². The minimum atomic E-state index is -2.63. The van der Waals surface area contributed by atoms with Crippen molar-refractivity contribution in [3.63, 3.8) is 0 Å². The number of benzene rings is 4. The highest BCUT2D eigenvalue weighted by Crippen LogP contribution is 2.56. The highest BCUT2D eigenvalue weighted by atomic mass is 28.4. The van der Waals surface area contributed by atoms with Crippen molar-refractivity contribution in [2.45, 2.75) is 311 Å². The van der Waals surface area contributed by atoms with Gasteiger partial charge in [0, 0.05) is 44.3 Å². The number of nitrogens with one attached hydrogen (secondary N) is 2. The van der Waals surface area contributed by atoms with Crippen molar-refractivity contribution in [1.29, 1.82) is 0 Å². The second-order valence-electron chi connectivity index (χ2n) is 43.9. The Kier molecular flexibility index (Phi) is 24.0. The molecule has 2 N–H and O–H groups in total. The summed E-state index contributed by atoms with van der Waals surface area (Å²) < 4.78 is 62.2. The first kappa shape index (κ1) is 89.5. The van der Waals surface area contributed by atoms with Gasteiger partial charge in [0.15, 0.2) is 0 Å². The zero-order valence-electron chi connectivity index (χ0n) is 76.7. The van der Waals surface area contributed by atoms with Crippen LogP contribution in [0, 0.1) is 0 Å². The smallest absolute Gasteiger partial charge is 0.250 e. The Labute approximate surface area is 684 Å². The lowest BCUT2D eigenvalue weighted by molar-refractivity contribution is 0.477. The number of hydrogen-bond donors (Lipinski definition) is 2. The third kappa shape index (κ3) is 18.1. The molecule has 0 unspecified atom stereocenters. The van der Waals surface area contributed by atoms with Crippen LogP contribution in [0.2, 0.25) is 145 Å². The van der Waals surface area contributed by atoms with E-state index in [-0.39, 0.29) is 40.3 Å². The fraction of sp³-hybridized carbons (Fsp3) is 0.522. The molecular formula is C92H142N4O8Si8. The predicted molar refractivity (Wildman–Crippen MR) is 503 cm³/mol. The monoisotopic (exact) mass is 1650 g/mol. The van der Waals surface area contributed by atoms with E-state index in [4.69, 9.17) is 45.4 Å². The molecule has 9 rings (SSSR count). The second-order valence-corrected chi connectivity index (χ2v) is 81.7. The molecule has 0 amide bonds. The molecule has 0 radical (unpaired) electrons. The Morgan fingerprint density at radius 2 is 0.321 bits per heavy atom. The molecule has 610 valence electrons. The summed E-state index contributed by atoms with van der Waals surface area (Å²) in [7, 11) is -21.1. The van der Waals surface area contributed by atoms with E-state index in [1.807, 2.05) is 0 Å². The molecule has 0 spiro atoms. The van der Waals surface area contributed by atoms with Gasteiger partial charge in [0.1, 0.15) is 46.0 Å². The molecule has 4 aromatic carbocycles. The van der Waals surface area contributed by atoms with Crippen LogP contribution in [0.1, 0.15) is 189 Å². The van der Waals surface area contributed by atoms with Gasteiger partial charge in [0.2, 0.25) is 0 Å². The molecule has 0 saturated carbocycles. The second kappa shape index (κ2) is 30.0. The highest BCUT2D eigenvalue weighted by Gasteiger charge is 2.48. The van der Waals surface area contributed by atoms with E-state index in [0.717, 1.165) is 113 Å². The van der Waals surface area contributed by atoms with Gasteiger partial charge in [0.05, 0.1) is 45.0 Å². The van der Waals surface area contributed by atoms with Gasteiger partial charge in [0.25, 0.3) is 66.5 Å². The quantitative estimate of drug-likeness (QED) is 0.0711. The fourth-order valence-corrected chi connectivity index (χ4v) is 19.6. The molecule has 2 aliphatic heterocycles. The lowest BCUT2D eigenvalue weighted by Crippen LogP contribution is -2.44. The van der Waals surface area contributed by atoms with Crippen LogP contribution in [0.3, 0.4) is 0 Å². The number of fused-ring (bicyclic) bond motifs is 8. The SMILES string of the molecule is CC(C)(C)[Si](C)(C)Oc1cccc(O[Si](C)(C)C(C)(C)C)c1-c1c2nc(c(-c3c(O[Si](C)(C)C(C)(C)C)cccc3O[Si](C)(C)C(C)(C)C)c3ccc([nH]3)c(-c3c(O[Si](C)(C)C(C)(C)C)cccc3O[Si](C)(C)C(C)(C)C)c3nc(c(-c4c(O[Si](C)(C)C(C)(C)C)cccc4O[Si](C)(C)C(C)(C)C)c4ccc1[nH]4)C=C3)C=C2. The Morgan fingerprint density at radius 3 is 0.438 bits per heavy atom. The lowest BCUT2D eigenvalue weighted by atomic mass is 10.0. The summed E-state index contributed by atoms with van der Waals surface area (Å²) in [5, 5.41) is -1.37. The molecule has 5 heterocycles. The Morgan fingerprint density at radius 1 is 0.196 bits per heavy atom. The summed E-state index contributed by atoms with van der Waals surface area (Å²) in [4.78, 5) is 20.8. The van der Waals surface area contributed by atoms with Gasteiger partial charge in [-0.15, -0.1) is 0 Å². The summed E-state index contributed by atoms with van der Waals surface area (Å²) in [6.07, 6.45) is 8.77. The molecular weight excluding hydrogens is 1510 g/mol. The summed E-state index contributed by atoms with van der Waals surface area (Å²) in [5.41, 5.74) is 12.5. The number of rotatable bonds is 20. The third-order valence-corrected chi connectivity index (χ3v) is 61.8. The third-order valence-electron chi connectivity index (χ3n) is 27.1. The van der Waals surface area contributed by atoms with Crippen LogP contribution in [-0.4, -0.2) is 86.5 Å². The van der Waals surface area contributed by atoms with Crippen LogP contribution in [-0.2, 0) is 0 Å². The van der Waals surface area contributed by atoms with Gasteiger partial charge < -0.3 is 45.4 Å². The molecule has 0 aliphatic carbocycles. The molecule has 3 aromatic heterocycles. The standard InChI is InChI=1S/C92H142N4O8Si8/c1-85(2,3)105(25,26)97-69-45-41-46-70(98-106(27,28)86(4,5)6)81(69)77-61-53-55-63(93-61)78(82-71(99-107(29,30)87(7,8)9)47-42-48-72(82)100-108(31,32)88(10,11)12)65-57-59-67(95-65)80(84-75(103-111(37,38)91(19,20)21)51-44-52-76(84)104-112(39,40)92(22,23)24)68-60-58-66(96-68)79(64-56-54-62(77)94-64)83-73(101-109(33,34)89(13,14)15)49-43-50-74(83)102-110(35,36)90(16,17)18/h41-60,93,96H,1-40H3. The number of aromatic nitrogens is 4. The van der Waals surface area contributed by atoms with Gasteiger partial charge in [-0.2, -0.15) is 0 Å². The normalized spacial score (nSPS) is 14.4. The maximum absolute atomic E-state index is 7.77. The number of H-pyrrole nitrogens is 2. The van der Waals surface area contributed by atoms with E-state index in [9.17, 15) is 0 Å². The van der Waals surface area contributed by atoms with Gasteiger partial charge in [-0.05, 0) is 242 Å². The van der Waals surface area contributed by atoms with Crippen LogP contribution in [0.15, 0.2) is 97.1 Å². The molecule has 0 fully saturated rings. The Bertz CT molecular complexity index is 4150. The van der Waals surface area contributed by atoms with Crippen LogP contribution >= 0.6 is 0 Å². The Hall–Kier alpha value is -6.38. The minimum Gasteiger partial charge on any atom is -0.543 e. The van der Waals surface area contributed by atoms with Crippen molar-refractivity contribution in [2.75, 3.05) is 0 Å². The molecule has 0 saturated heterocycles. The van der Waals surface area contributed by atoms with E-state index in [0.29, 0.717) is 22.8 Å². The van der Waals surface area contributed by atoms with E-state index in [1.54, 1.807) is 0 Å². The number of aromatic amines is 2. The zero-order valence-corrected chi connectivity index (χ0v) is 84.7. The van der Waals surface area contributed by atoms with Gasteiger partial charge in [-0.25, -0.2) is 9.97 Å². The topological polar surface area (TPSA) is 131 Å². The van der Waals surface area contributed by atoms with E-state index in [2.05, 4.69) is 402 Å². The van der Waals surface area contributed by atoms with E-state index in [1.165, 1.54) is 0 Å². The Balaban J connectivity index is 1.69. The first-order chi connectivity index (χ1) is 50.6. The molecule has 12 nitrogen and oxygen atoms in total. The molecule has 112 heavy (non-hydrogen) atoms. The van der Waals surface area contributed by atoms with Crippen molar-refractivity contribution in [3.05, 3.63) is 120 Å². The summed E-state index contributed by atoms with van der Waals surface area (Å²) >= 11 is 0. The van der Waals surface area contributed by atoms with Gasteiger partial charge in [-0.3, -0.25) is 0 Å². The summed E-state index contributed by atoms with van der Waals surface area (Å²) in [5.74, 6) is 5.83. The molecule has 20 heteroatoms. The van der Waals surface area contributed by atoms with E-state index < -0.39 is 66.5 Å². The molecule has 0 atom stereocenters. The zero-order chi connectivity index (χ0) is 84.5. The predicted octanol–water partition coefficient (Wildman–Crippen LogP) is 30.4. The average Bonchev–Trinajstić information content (AvgIpc) is 1.56. The number of hydrogen-bond acceptors (Lipinski definition) is 10.